The Labute approximate surface area is 179 Å². The molecule has 1 aromatic heterocycles. The summed E-state index contributed by atoms with van der Waals surface area (Å²) < 4.78 is 10.1. The molecule has 1 N–H and O–H groups in total. The summed E-state index contributed by atoms with van der Waals surface area (Å²) in [7, 11) is 3.31. The molecule has 0 unspecified atom stereocenters. The summed E-state index contributed by atoms with van der Waals surface area (Å²) in [5.41, 5.74) is 0.407. The van der Waals surface area contributed by atoms with Crippen molar-refractivity contribution in [3.05, 3.63) is 16.1 Å². The molecule has 2 amide bonds. The summed E-state index contributed by atoms with van der Waals surface area (Å²) in [4.78, 5) is 31.6. The highest BCUT2D eigenvalue weighted by Crippen LogP contribution is 2.19. The van der Waals surface area contributed by atoms with Crippen LogP contribution >= 0.6 is 11.3 Å². The van der Waals surface area contributed by atoms with Gasteiger partial charge in [-0.1, -0.05) is 26.7 Å². The van der Waals surface area contributed by atoms with Crippen LogP contribution in [0, 0.1) is 5.92 Å². The van der Waals surface area contributed by atoms with E-state index in [-0.39, 0.29) is 17.7 Å². The lowest BCUT2D eigenvalue weighted by molar-refractivity contribution is -0.136. The van der Waals surface area contributed by atoms with Gasteiger partial charge in [0.2, 0.25) is 5.91 Å². The molecule has 1 heterocycles. The van der Waals surface area contributed by atoms with Crippen molar-refractivity contribution in [2.75, 3.05) is 40.5 Å². The summed E-state index contributed by atoms with van der Waals surface area (Å²) in [6, 6.07) is 0. The molecule has 1 rings (SSSR count). The summed E-state index contributed by atoms with van der Waals surface area (Å²) in [6.07, 6.45) is 5.44. The first-order valence-electron chi connectivity index (χ1n) is 10.6. The normalized spacial score (nSPS) is 12.0. The highest BCUT2D eigenvalue weighted by atomic mass is 32.1. The number of carbonyl (C=O) groups is 2. The van der Waals surface area contributed by atoms with Crippen molar-refractivity contribution in [2.24, 2.45) is 5.92 Å². The Bertz CT molecular complexity index is 594. The van der Waals surface area contributed by atoms with Crippen molar-refractivity contribution in [3.63, 3.8) is 0 Å². The molecule has 0 saturated carbocycles. The van der Waals surface area contributed by atoms with Gasteiger partial charge in [-0.05, 0) is 25.7 Å². The van der Waals surface area contributed by atoms with Crippen molar-refractivity contribution < 1.29 is 19.1 Å². The number of hydrogen-bond acceptors (Lipinski definition) is 6. The van der Waals surface area contributed by atoms with Gasteiger partial charge in [0.1, 0.15) is 10.7 Å². The van der Waals surface area contributed by atoms with Crippen LogP contribution in [-0.4, -0.2) is 62.2 Å². The molecule has 0 aliphatic carbocycles. The summed E-state index contributed by atoms with van der Waals surface area (Å²) in [5, 5.41) is 5.38. The second kappa shape index (κ2) is 15.3. The molecule has 7 nitrogen and oxygen atoms in total. The van der Waals surface area contributed by atoms with E-state index in [0.29, 0.717) is 38.5 Å². The van der Waals surface area contributed by atoms with Crippen molar-refractivity contribution >= 4 is 23.2 Å². The molecule has 0 aliphatic heterocycles. The van der Waals surface area contributed by atoms with Gasteiger partial charge in [0, 0.05) is 51.8 Å². The molecule has 0 aliphatic rings. The van der Waals surface area contributed by atoms with Gasteiger partial charge in [0.25, 0.3) is 5.91 Å². The zero-order valence-corrected chi connectivity index (χ0v) is 19.2. The highest BCUT2D eigenvalue weighted by molar-refractivity contribution is 7.09. The lowest BCUT2D eigenvalue weighted by Gasteiger charge is -2.26. The van der Waals surface area contributed by atoms with E-state index in [4.69, 9.17) is 9.47 Å². The zero-order valence-electron chi connectivity index (χ0n) is 18.4. The fraction of sp³-hybridized carbons (Fsp3) is 0.762. The number of nitrogens with one attached hydrogen (secondary N) is 1. The van der Waals surface area contributed by atoms with Gasteiger partial charge in [-0.2, -0.15) is 0 Å². The summed E-state index contributed by atoms with van der Waals surface area (Å²) >= 11 is 1.42. The van der Waals surface area contributed by atoms with E-state index in [2.05, 4.69) is 24.1 Å². The van der Waals surface area contributed by atoms with Gasteiger partial charge < -0.3 is 19.7 Å². The molecule has 1 aromatic rings. The maximum atomic E-state index is 13.1. The fourth-order valence-corrected chi connectivity index (χ4v) is 3.83. The average Bonchev–Trinajstić information content (AvgIpc) is 3.19. The summed E-state index contributed by atoms with van der Waals surface area (Å²) in [6.45, 7) is 7.06. The number of thiazole rings is 1. The van der Waals surface area contributed by atoms with Crippen LogP contribution in [0.5, 0.6) is 0 Å². The lowest BCUT2D eigenvalue weighted by atomic mass is 9.97. The number of nitrogens with zero attached hydrogens (tertiary/aromatic N) is 2. The lowest BCUT2D eigenvalue weighted by Crippen LogP contribution is -2.36. The molecule has 0 aromatic carbocycles. The molecule has 0 spiro atoms. The molecule has 8 heteroatoms. The SMILES string of the molecule is CCCC[C@@H](CC)C(=O)N(CCCOC)Cc1nc(C(=O)NCCCOC)cs1. The predicted molar refractivity (Wildman–Crippen MR) is 116 cm³/mol. The van der Waals surface area contributed by atoms with Crippen LogP contribution in [0.2, 0.25) is 0 Å². The highest BCUT2D eigenvalue weighted by Gasteiger charge is 2.23. The Kier molecular flexibility index (Phi) is 13.5. The molecular weight excluding hydrogens is 390 g/mol. The Morgan fingerprint density at radius 3 is 2.55 bits per heavy atom. The van der Waals surface area contributed by atoms with Gasteiger partial charge >= 0.3 is 0 Å². The molecule has 0 bridgehead atoms. The number of carbonyl (C=O) groups excluding carboxylic acids is 2. The number of rotatable bonds is 16. The first kappa shape index (κ1) is 25.5. The smallest absolute Gasteiger partial charge is 0.270 e. The molecule has 29 heavy (non-hydrogen) atoms. The van der Waals surface area contributed by atoms with Crippen molar-refractivity contribution in [1.82, 2.24) is 15.2 Å². The van der Waals surface area contributed by atoms with E-state index in [0.717, 1.165) is 43.5 Å². The van der Waals surface area contributed by atoms with Crippen LogP contribution in [-0.2, 0) is 20.8 Å². The van der Waals surface area contributed by atoms with Gasteiger partial charge in [0.15, 0.2) is 0 Å². The van der Waals surface area contributed by atoms with Crippen LogP contribution < -0.4 is 5.32 Å². The van der Waals surface area contributed by atoms with Gasteiger partial charge in [0.05, 0.1) is 6.54 Å². The van der Waals surface area contributed by atoms with E-state index >= 15 is 0 Å². The van der Waals surface area contributed by atoms with Crippen molar-refractivity contribution in [2.45, 2.75) is 58.9 Å². The van der Waals surface area contributed by atoms with E-state index in [1.807, 2.05) is 4.90 Å². The molecule has 166 valence electrons. The molecule has 0 saturated heterocycles. The standard InChI is InChI=1S/C21H37N3O4S/c1-5-7-10-17(6-2)21(26)24(12-9-14-28-4)15-19-23-18(16-29-19)20(25)22-11-8-13-27-3/h16-17H,5-15H2,1-4H3,(H,22,25)/t17-/m1/s1. The van der Waals surface area contributed by atoms with E-state index < -0.39 is 0 Å². The molecule has 0 fully saturated rings. The maximum absolute atomic E-state index is 13.1. The molecule has 0 radical (unpaired) electrons. The second-order valence-electron chi connectivity index (χ2n) is 7.08. The van der Waals surface area contributed by atoms with E-state index in [9.17, 15) is 9.59 Å². The van der Waals surface area contributed by atoms with Crippen LogP contribution in [0.4, 0.5) is 0 Å². The molecule has 1 atom stereocenters. The number of ether oxygens (including phenoxy) is 2. The van der Waals surface area contributed by atoms with Crippen LogP contribution in [0.15, 0.2) is 5.38 Å². The number of hydrogen-bond donors (Lipinski definition) is 1. The topological polar surface area (TPSA) is 80.8 Å². The van der Waals surface area contributed by atoms with Crippen LogP contribution in [0.3, 0.4) is 0 Å². The second-order valence-corrected chi connectivity index (χ2v) is 8.02. The summed E-state index contributed by atoms with van der Waals surface area (Å²) in [5.74, 6) is 0.0362. The zero-order chi connectivity index (χ0) is 21.5. The minimum atomic E-state index is -0.185. The Hall–Kier alpha value is -1.51. The van der Waals surface area contributed by atoms with Gasteiger partial charge in [-0.15, -0.1) is 11.3 Å². The quantitative estimate of drug-likeness (QED) is 0.409. The number of unbranched alkanes of at least 4 members (excludes halogenated alkanes) is 1. The number of methoxy groups -OCH3 is 2. The first-order valence-corrected chi connectivity index (χ1v) is 11.4. The average molecular weight is 428 g/mol. The first-order chi connectivity index (χ1) is 14.1. The largest absolute Gasteiger partial charge is 0.385 e. The third-order valence-electron chi connectivity index (χ3n) is 4.76. The van der Waals surface area contributed by atoms with Crippen molar-refractivity contribution in [1.29, 1.82) is 0 Å². The minimum absolute atomic E-state index is 0.0426. The minimum Gasteiger partial charge on any atom is -0.385 e. The van der Waals surface area contributed by atoms with Crippen molar-refractivity contribution in [3.8, 4) is 0 Å². The third-order valence-corrected chi connectivity index (χ3v) is 5.59. The number of aromatic nitrogens is 1. The number of amides is 2. The monoisotopic (exact) mass is 427 g/mol. The Morgan fingerprint density at radius 2 is 1.90 bits per heavy atom. The Morgan fingerprint density at radius 1 is 1.17 bits per heavy atom. The predicted octanol–water partition coefficient (Wildman–Crippen LogP) is 3.49. The fourth-order valence-electron chi connectivity index (χ4n) is 3.04. The van der Waals surface area contributed by atoms with E-state index in [1.165, 1.54) is 11.3 Å². The third kappa shape index (κ3) is 9.69. The van der Waals surface area contributed by atoms with Crippen LogP contribution in [0.1, 0.15) is 67.9 Å². The Balaban J connectivity index is 2.74. The van der Waals surface area contributed by atoms with Gasteiger partial charge in [-0.25, -0.2) is 4.98 Å². The van der Waals surface area contributed by atoms with Crippen LogP contribution in [0.25, 0.3) is 0 Å². The van der Waals surface area contributed by atoms with Gasteiger partial charge in [-0.3, -0.25) is 9.59 Å². The maximum Gasteiger partial charge on any atom is 0.270 e. The van der Waals surface area contributed by atoms with E-state index in [1.54, 1.807) is 19.6 Å². The molecular formula is C21H37N3O4S.